The van der Waals surface area contributed by atoms with Crippen LogP contribution in [0.1, 0.15) is 16.2 Å². The van der Waals surface area contributed by atoms with Crippen molar-refractivity contribution in [2.75, 3.05) is 11.9 Å². The minimum atomic E-state index is -0.951. The van der Waals surface area contributed by atoms with Crippen LogP contribution >= 0.6 is 0 Å². The summed E-state index contributed by atoms with van der Waals surface area (Å²) in [4.78, 5) is 14.8. The lowest BCUT2D eigenvalue weighted by molar-refractivity contribution is 0.0698. The number of benzene rings is 1. The highest BCUT2D eigenvalue weighted by Crippen LogP contribution is 2.14. The Morgan fingerprint density at radius 3 is 2.94 bits per heavy atom. The van der Waals surface area contributed by atoms with E-state index in [-0.39, 0.29) is 5.56 Å². The molecule has 1 heterocycles. The molecular weight excluding hydrogens is 222 g/mol. The molecule has 1 aromatic heterocycles. The molecule has 0 atom stereocenters. The van der Waals surface area contributed by atoms with Crippen LogP contribution in [0.4, 0.5) is 5.69 Å². The van der Waals surface area contributed by atoms with Crippen molar-refractivity contribution in [1.82, 2.24) is 10.1 Å². The van der Waals surface area contributed by atoms with Gasteiger partial charge in [0.15, 0.2) is 5.82 Å². The van der Waals surface area contributed by atoms with Gasteiger partial charge in [-0.2, -0.15) is 4.98 Å². The number of aromatic carboxylic acids is 1. The maximum absolute atomic E-state index is 10.9. The van der Waals surface area contributed by atoms with Gasteiger partial charge in [-0.1, -0.05) is 17.3 Å². The van der Waals surface area contributed by atoms with Gasteiger partial charge < -0.3 is 14.9 Å². The summed E-state index contributed by atoms with van der Waals surface area (Å²) in [6.07, 6.45) is 1.84. The molecule has 6 nitrogen and oxygen atoms in total. The quantitative estimate of drug-likeness (QED) is 0.812. The number of carboxylic acids is 1. The molecule has 2 N–H and O–H groups in total. The van der Waals surface area contributed by atoms with Gasteiger partial charge in [-0.05, 0) is 12.1 Å². The first-order valence-electron chi connectivity index (χ1n) is 5.09. The highest BCUT2D eigenvalue weighted by atomic mass is 16.5. The summed E-state index contributed by atoms with van der Waals surface area (Å²) >= 11 is 0. The fourth-order valence-electron chi connectivity index (χ4n) is 1.44. The van der Waals surface area contributed by atoms with Gasteiger partial charge in [0.1, 0.15) is 0 Å². The maximum atomic E-state index is 10.9. The first-order chi connectivity index (χ1) is 8.27. The number of anilines is 1. The third-order valence-electron chi connectivity index (χ3n) is 2.23. The molecule has 1 aromatic carbocycles. The lowest BCUT2D eigenvalue weighted by atomic mass is 10.2. The van der Waals surface area contributed by atoms with Gasteiger partial charge in [0.2, 0.25) is 6.39 Å². The third kappa shape index (κ3) is 2.81. The molecule has 0 fully saturated rings. The minimum absolute atomic E-state index is 0.251. The molecule has 0 aliphatic carbocycles. The number of para-hydroxylation sites is 1. The van der Waals surface area contributed by atoms with Crippen LogP contribution in [0.5, 0.6) is 0 Å². The van der Waals surface area contributed by atoms with Gasteiger partial charge >= 0.3 is 5.97 Å². The van der Waals surface area contributed by atoms with Crippen LogP contribution in [0.25, 0.3) is 0 Å². The van der Waals surface area contributed by atoms with Crippen molar-refractivity contribution < 1.29 is 14.4 Å². The maximum Gasteiger partial charge on any atom is 0.337 e. The fourth-order valence-corrected chi connectivity index (χ4v) is 1.44. The van der Waals surface area contributed by atoms with Gasteiger partial charge in [-0.15, -0.1) is 0 Å². The molecule has 0 amide bonds. The molecule has 0 aliphatic heterocycles. The first kappa shape index (κ1) is 11.1. The molecule has 2 aromatic rings. The minimum Gasteiger partial charge on any atom is -0.478 e. The standard InChI is InChI=1S/C11H11N3O3/c15-11(16)8-3-1-2-4-9(8)12-6-5-10-13-7-17-14-10/h1-4,7,12H,5-6H2,(H,15,16). The van der Waals surface area contributed by atoms with E-state index in [1.165, 1.54) is 6.39 Å². The number of hydrogen-bond acceptors (Lipinski definition) is 5. The van der Waals surface area contributed by atoms with Gasteiger partial charge in [0, 0.05) is 18.7 Å². The second-order valence-corrected chi connectivity index (χ2v) is 3.37. The topological polar surface area (TPSA) is 88.2 Å². The van der Waals surface area contributed by atoms with E-state index < -0.39 is 5.97 Å². The molecule has 0 radical (unpaired) electrons. The van der Waals surface area contributed by atoms with Crippen LogP contribution in [0, 0.1) is 0 Å². The van der Waals surface area contributed by atoms with E-state index in [0.717, 1.165) is 0 Å². The summed E-state index contributed by atoms with van der Waals surface area (Å²) in [6.45, 7) is 0.545. The van der Waals surface area contributed by atoms with E-state index in [0.29, 0.717) is 24.5 Å². The van der Waals surface area contributed by atoms with E-state index in [1.54, 1.807) is 24.3 Å². The van der Waals surface area contributed by atoms with E-state index in [9.17, 15) is 4.79 Å². The molecule has 0 aliphatic rings. The molecular formula is C11H11N3O3. The summed E-state index contributed by atoms with van der Waals surface area (Å²) in [7, 11) is 0. The number of aromatic nitrogens is 2. The highest BCUT2D eigenvalue weighted by molar-refractivity contribution is 5.94. The Morgan fingerprint density at radius 1 is 1.41 bits per heavy atom. The van der Waals surface area contributed by atoms with Crippen molar-refractivity contribution in [2.24, 2.45) is 0 Å². The Hall–Kier alpha value is -2.37. The highest BCUT2D eigenvalue weighted by Gasteiger charge is 2.08. The van der Waals surface area contributed by atoms with Crippen molar-refractivity contribution in [3.05, 3.63) is 42.0 Å². The number of carbonyl (C=O) groups is 1. The van der Waals surface area contributed by atoms with Gasteiger partial charge in [0.05, 0.1) is 5.56 Å². The van der Waals surface area contributed by atoms with Crippen LogP contribution in [-0.4, -0.2) is 27.8 Å². The summed E-state index contributed by atoms with van der Waals surface area (Å²) in [6, 6.07) is 6.75. The lowest BCUT2D eigenvalue weighted by Gasteiger charge is -2.07. The third-order valence-corrected chi connectivity index (χ3v) is 2.23. The van der Waals surface area contributed by atoms with Gasteiger partial charge in [-0.25, -0.2) is 4.79 Å². The summed E-state index contributed by atoms with van der Waals surface area (Å²) in [5.74, 6) is -0.363. The monoisotopic (exact) mass is 233 g/mol. The Bertz CT molecular complexity index is 496. The van der Waals surface area contributed by atoms with Crippen LogP contribution in [0.15, 0.2) is 35.2 Å². The van der Waals surface area contributed by atoms with E-state index in [2.05, 4.69) is 20.0 Å². The molecule has 0 spiro atoms. The Labute approximate surface area is 97.3 Å². The Kier molecular flexibility index (Phi) is 3.34. The predicted molar refractivity (Wildman–Crippen MR) is 59.9 cm³/mol. The zero-order chi connectivity index (χ0) is 12.1. The van der Waals surface area contributed by atoms with E-state index in [4.69, 9.17) is 5.11 Å². The van der Waals surface area contributed by atoms with Crippen molar-refractivity contribution in [1.29, 1.82) is 0 Å². The SMILES string of the molecule is O=C(O)c1ccccc1NCCc1ncon1. The first-order valence-corrected chi connectivity index (χ1v) is 5.09. The second-order valence-electron chi connectivity index (χ2n) is 3.37. The number of nitrogens with zero attached hydrogens (tertiary/aromatic N) is 2. The number of rotatable bonds is 5. The zero-order valence-electron chi connectivity index (χ0n) is 8.96. The Morgan fingerprint density at radius 2 is 2.24 bits per heavy atom. The smallest absolute Gasteiger partial charge is 0.337 e. The van der Waals surface area contributed by atoms with Crippen molar-refractivity contribution in [3.8, 4) is 0 Å². The molecule has 0 saturated carbocycles. The van der Waals surface area contributed by atoms with Crippen LogP contribution in [0.2, 0.25) is 0 Å². The van der Waals surface area contributed by atoms with Crippen LogP contribution in [-0.2, 0) is 6.42 Å². The van der Waals surface area contributed by atoms with Crippen molar-refractivity contribution in [3.63, 3.8) is 0 Å². The molecule has 17 heavy (non-hydrogen) atoms. The van der Waals surface area contributed by atoms with Crippen LogP contribution < -0.4 is 5.32 Å². The summed E-state index contributed by atoms with van der Waals surface area (Å²) in [5.41, 5.74) is 0.837. The summed E-state index contributed by atoms with van der Waals surface area (Å²) in [5, 5.41) is 15.7. The van der Waals surface area contributed by atoms with Crippen LogP contribution in [0.3, 0.4) is 0 Å². The Balaban J connectivity index is 1.97. The van der Waals surface area contributed by atoms with E-state index >= 15 is 0 Å². The average molecular weight is 233 g/mol. The molecule has 0 saturated heterocycles. The molecule has 0 bridgehead atoms. The molecule has 2 rings (SSSR count). The summed E-state index contributed by atoms with van der Waals surface area (Å²) < 4.78 is 4.60. The van der Waals surface area contributed by atoms with E-state index in [1.807, 2.05) is 0 Å². The average Bonchev–Trinajstić information content (AvgIpc) is 2.82. The fraction of sp³-hybridized carbons (Fsp3) is 0.182. The lowest BCUT2D eigenvalue weighted by Crippen LogP contribution is -2.09. The largest absolute Gasteiger partial charge is 0.478 e. The van der Waals surface area contributed by atoms with Gasteiger partial charge in [0.25, 0.3) is 0 Å². The van der Waals surface area contributed by atoms with Gasteiger partial charge in [-0.3, -0.25) is 0 Å². The molecule has 6 heteroatoms. The normalized spacial score (nSPS) is 10.1. The molecule has 88 valence electrons. The number of hydrogen-bond donors (Lipinski definition) is 2. The number of nitrogens with one attached hydrogen (secondary N) is 1. The molecule has 0 unspecified atom stereocenters. The number of carboxylic acid groups (broad SMARTS) is 1. The second kappa shape index (κ2) is 5.11. The van der Waals surface area contributed by atoms with Crippen molar-refractivity contribution >= 4 is 11.7 Å². The zero-order valence-corrected chi connectivity index (χ0v) is 8.96. The van der Waals surface area contributed by atoms with Crippen molar-refractivity contribution in [2.45, 2.75) is 6.42 Å². The predicted octanol–water partition coefficient (Wildman–Crippen LogP) is 1.42.